The van der Waals surface area contributed by atoms with Gasteiger partial charge in [-0.25, -0.2) is 4.79 Å². The van der Waals surface area contributed by atoms with E-state index in [1.54, 1.807) is 12.1 Å². The third-order valence-electron chi connectivity index (χ3n) is 4.17. The molecule has 0 aliphatic rings. The summed E-state index contributed by atoms with van der Waals surface area (Å²) in [5, 5.41) is 3.31. The predicted octanol–water partition coefficient (Wildman–Crippen LogP) is 4.95. The van der Waals surface area contributed by atoms with Gasteiger partial charge in [0, 0.05) is 16.7 Å². The fourth-order valence-electron chi connectivity index (χ4n) is 2.63. The highest BCUT2D eigenvalue weighted by Gasteiger charge is 2.18. The number of halogens is 1. The van der Waals surface area contributed by atoms with Crippen molar-refractivity contribution < 1.29 is 19.1 Å². The predicted molar refractivity (Wildman–Crippen MR) is 114 cm³/mol. The maximum absolute atomic E-state index is 11.9. The normalized spacial score (nSPS) is 12.3. The van der Waals surface area contributed by atoms with E-state index in [0.717, 1.165) is 27.6 Å². The molecular weight excluding hydrogens is 422 g/mol. The first kappa shape index (κ1) is 22.1. The molecule has 1 atom stereocenters. The lowest BCUT2D eigenvalue weighted by Crippen LogP contribution is -2.23. The monoisotopic (exact) mass is 447 g/mol. The molecule has 0 aromatic heterocycles. The fourth-order valence-corrected chi connectivity index (χ4v) is 3.17. The van der Waals surface area contributed by atoms with Gasteiger partial charge in [0.2, 0.25) is 0 Å². The molecule has 1 N–H and O–H groups in total. The number of benzene rings is 2. The lowest BCUT2D eigenvalue weighted by molar-refractivity contribution is -0.111. The van der Waals surface area contributed by atoms with Crippen molar-refractivity contribution in [3.05, 3.63) is 63.6 Å². The molecule has 0 fully saturated rings. The second-order valence-corrected chi connectivity index (χ2v) is 8.26. The van der Waals surface area contributed by atoms with Gasteiger partial charge in [-0.1, -0.05) is 24.3 Å². The number of esters is 1. The Balaban J connectivity index is 2.11. The minimum absolute atomic E-state index is 0.299. The molecule has 0 aliphatic heterocycles. The van der Waals surface area contributed by atoms with Gasteiger partial charge in [-0.05, 0) is 66.0 Å². The van der Waals surface area contributed by atoms with Crippen molar-refractivity contribution in [3.63, 3.8) is 0 Å². The van der Waals surface area contributed by atoms with Gasteiger partial charge in [0.25, 0.3) is 0 Å². The van der Waals surface area contributed by atoms with Crippen LogP contribution in [0.15, 0.2) is 46.9 Å². The van der Waals surface area contributed by atoms with Gasteiger partial charge in [0.1, 0.15) is 6.29 Å². The summed E-state index contributed by atoms with van der Waals surface area (Å²) < 4.78 is 11.4. The maximum Gasteiger partial charge on any atom is 0.338 e. The van der Waals surface area contributed by atoms with Crippen molar-refractivity contribution in [2.75, 3.05) is 19.0 Å². The third-order valence-corrected chi connectivity index (χ3v) is 4.83. The molecule has 0 radical (unpaired) electrons. The van der Waals surface area contributed by atoms with Crippen molar-refractivity contribution in [1.29, 1.82) is 0 Å². The summed E-state index contributed by atoms with van der Waals surface area (Å²) in [6.07, 6.45) is 0.910. The number of hydrogen-bond acceptors (Lipinski definition) is 5. The number of anilines is 1. The topological polar surface area (TPSA) is 64.6 Å². The van der Waals surface area contributed by atoms with Gasteiger partial charge in [-0.15, -0.1) is 0 Å². The Kier molecular flexibility index (Phi) is 7.78. The van der Waals surface area contributed by atoms with Crippen molar-refractivity contribution in [2.45, 2.75) is 38.8 Å². The van der Waals surface area contributed by atoms with Crippen LogP contribution >= 0.6 is 15.9 Å². The van der Waals surface area contributed by atoms with E-state index >= 15 is 0 Å². The van der Waals surface area contributed by atoms with Crippen LogP contribution in [0.25, 0.3) is 0 Å². The Morgan fingerprint density at radius 2 is 1.93 bits per heavy atom. The Labute approximate surface area is 174 Å². The average Bonchev–Trinajstić information content (AvgIpc) is 2.66. The van der Waals surface area contributed by atoms with E-state index in [1.807, 2.05) is 51.1 Å². The molecule has 0 saturated heterocycles. The van der Waals surface area contributed by atoms with Gasteiger partial charge in [0.05, 0.1) is 30.8 Å². The lowest BCUT2D eigenvalue weighted by Gasteiger charge is -2.22. The van der Waals surface area contributed by atoms with Crippen molar-refractivity contribution in [1.82, 2.24) is 0 Å². The molecule has 0 amide bonds. The number of carbonyl (C=O) groups excluding carboxylic acids is 2. The molecular formula is C22H26BrNO4. The molecule has 2 aromatic carbocycles. The van der Waals surface area contributed by atoms with Crippen molar-refractivity contribution >= 4 is 33.9 Å². The first-order valence-corrected chi connectivity index (χ1v) is 9.83. The zero-order valence-electron chi connectivity index (χ0n) is 16.6. The summed E-state index contributed by atoms with van der Waals surface area (Å²) in [5.74, 6) is -0.691. The highest BCUT2D eigenvalue weighted by Crippen LogP contribution is 2.28. The number of methoxy groups -OCH3 is 1. The maximum atomic E-state index is 11.9. The summed E-state index contributed by atoms with van der Waals surface area (Å²) >= 11 is 3.56. The molecule has 150 valence electrons. The van der Waals surface area contributed by atoms with Crippen LogP contribution in [0.5, 0.6) is 0 Å². The van der Waals surface area contributed by atoms with Crippen LogP contribution in [0.2, 0.25) is 0 Å². The molecule has 28 heavy (non-hydrogen) atoms. The van der Waals surface area contributed by atoms with Crippen LogP contribution < -0.4 is 5.32 Å². The molecule has 2 rings (SSSR count). The second kappa shape index (κ2) is 9.85. The van der Waals surface area contributed by atoms with E-state index in [2.05, 4.69) is 21.2 Å². The van der Waals surface area contributed by atoms with Crippen LogP contribution in [0.3, 0.4) is 0 Å². The van der Waals surface area contributed by atoms with Crippen LogP contribution in [0, 0.1) is 0 Å². The molecule has 1 unspecified atom stereocenters. The number of rotatable bonds is 8. The SMILES string of the molecule is COC(=O)c1ccccc1CNc1ccc(C(C=O)COC(C)(C)C)cc1Br. The van der Waals surface area contributed by atoms with Gasteiger partial charge < -0.3 is 19.6 Å². The highest BCUT2D eigenvalue weighted by atomic mass is 79.9. The molecule has 0 bridgehead atoms. The van der Waals surface area contributed by atoms with E-state index in [0.29, 0.717) is 18.7 Å². The van der Waals surface area contributed by atoms with Crippen molar-refractivity contribution in [2.24, 2.45) is 0 Å². The van der Waals surface area contributed by atoms with Gasteiger partial charge >= 0.3 is 5.97 Å². The first-order valence-electron chi connectivity index (χ1n) is 9.04. The van der Waals surface area contributed by atoms with Crippen LogP contribution in [-0.4, -0.2) is 31.6 Å². The average molecular weight is 448 g/mol. The summed E-state index contributed by atoms with van der Waals surface area (Å²) in [6, 6.07) is 13.0. The molecule has 0 heterocycles. The third kappa shape index (κ3) is 6.17. The zero-order chi connectivity index (χ0) is 20.7. The van der Waals surface area contributed by atoms with E-state index in [-0.39, 0.29) is 17.5 Å². The van der Waals surface area contributed by atoms with E-state index < -0.39 is 0 Å². The quantitative estimate of drug-likeness (QED) is 0.458. The highest BCUT2D eigenvalue weighted by molar-refractivity contribution is 9.10. The molecule has 6 heteroatoms. The first-order chi connectivity index (χ1) is 13.2. The second-order valence-electron chi connectivity index (χ2n) is 7.41. The summed E-state index contributed by atoms with van der Waals surface area (Å²) in [4.78, 5) is 23.4. The van der Waals surface area contributed by atoms with Crippen molar-refractivity contribution in [3.8, 4) is 0 Å². The minimum atomic E-state index is -0.362. The standard InChI is InChI=1S/C22H26BrNO4/c1-22(2,3)28-14-17(13-25)15-9-10-20(19(23)11-15)24-12-16-7-5-6-8-18(16)21(26)27-4/h5-11,13,17,24H,12,14H2,1-4H3. The van der Waals surface area contributed by atoms with E-state index in [4.69, 9.17) is 9.47 Å². The summed E-state index contributed by atoms with van der Waals surface area (Å²) in [5.41, 5.74) is 2.82. The number of ether oxygens (including phenoxy) is 2. The van der Waals surface area contributed by atoms with Gasteiger partial charge in [0.15, 0.2) is 0 Å². The largest absolute Gasteiger partial charge is 0.465 e. The number of hydrogen-bond donors (Lipinski definition) is 1. The summed E-state index contributed by atoms with van der Waals surface area (Å²) in [7, 11) is 1.37. The van der Waals surface area contributed by atoms with Crippen LogP contribution in [0.1, 0.15) is 48.2 Å². The van der Waals surface area contributed by atoms with E-state index in [1.165, 1.54) is 7.11 Å². The Morgan fingerprint density at radius 1 is 1.21 bits per heavy atom. The molecule has 0 aliphatic carbocycles. The fraction of sp³-hybridized carbons (Fsp3) is 0.364. The van der Waals surface area contributed by atoms with Gasteiger partial charge in [-0.2, -0.15) is 0 Å². The molecule has 0 spiro atoms. The molecule has 0 saturated carbocycles. The smallest absolute Gasteiger partial charge is 0.338 e. The Bertz CT molecular complexity index is 830. The lowest BCUT2D eigenvalue weighted by atomic mass is 10.0. The molecule has 5 nitrogen and oxygen atoms in total. The van der Waals surface area contributed by atoms with Crippen LogP contribution in [0.4, 0.5) is 5.69 Å². The number of nitrogens with one attached hydrogen (secondary N) is 1. The van der Waals surface area contributed by atoms with E-state index in [9.17, 15) is 9.59 Å². The van der Waals surface area contributed by atoms with Crippen LogP contribution in [-0.2, 0) is 20.8 Å². The van der Waals surface area contributed by atoms with Gasteiger partial charge in [-0.3, -0.25) is 0 Å². The number of aldehydes is 1. The Hall–Kier alpha value is -2.18. The number of carbonyl (C=O) groups is 2. The zero-order valence-corrected chi connectivity index (χ0v) is 18.2. The Morgan fingerprint density at radius 3 is 2.54 bits per heavy atom. The minimum Gasteiger partial charge on any atom is -0.465 e. The summed E-state index contributed by atoms with van der Waals surface area (Å²) in [6.45, 7) is 6.68. The molecule has 2 aromatic rings.